The Bertz CT molecular complexity index is 1300. The van der Waals surface area contributed by atoms with E-state index in [0.29, 0.717) is 10.6 Å². The molecule has 0 spiro atoms. The van der Waals surface area contributed by atoms with E-state index in [1.807, 2.05) is 31.2 Å². The van der Waals surface area contributed by atoms with Gasteiger partial charge in [-0.1, -0.05) is 29.8 Å². The van der Waals surface area contributed by atoms with Gasteiger partial charge in [0.2, 0.25) is 0 Å². The first-order valence-electron chi connectivity index (χ1n) is 11.3. The molecule has 2 aliphatic carbocycles. The van der Waals surface area contributed by atoms with Crippen molar-refractivity contribution in [3.05, 3.63) is 86.6 Å². The first-order chi connectivity index (χ1) is 16.4. The molecule has 6 heteroatoms. The van der Waals surface area contributed by atoms with Gasteiger partial charge in [0.1, 0.15) is 6.07 Å². The van der Waals surface area contributed by atoms with Crippen molar-refractivity contribution < 1.29 is 0 Å². The largest absolute Gasteiger partial charge is 0.399 e. The van der Waals surface area contributed by atoms with Crippen LogP contribution in [-0.4, -0.2) is 0 Å². The maximum atomic E-state index is 10.3. The Morgan fingerprint density at radius 1 is 1.09 bits per heavy atom. The fraction of sp³-hybridized carbons (Fsp3) is 0.321. The number of fused-ring (bicyclic) bond motifs is 1. The Balaban J connectivity index is 1.83. The number of halogens is 1. The molecule has 0 fully saturated rings. The number of benzene rings is 2. The van der Waals surface area contributed by atoms with E-state index in [4.69, 9.17) is 17.3 Å². The van der Waals surface area contributed by atoms with Crippen LogP contribution in [-0.2, 0) is 5.75 Å². The van der Waals surface area contributed by atoms with Gasteiger partial charge in [0.25, 0.3) is 0 Å². The number of allylic oxidation sites excluding steroid dienone is 4. The average Bonchev–Trinajstić information content (AvgIpc) is 2.84. The van der Waals surface area contributed by atoms with Gasteiger partial charge in [0.05, 0.1) is 23.4 Å². The molecule has 0 saturated carbocycles. The van der Waals surface area contributed by atoms with Crippen LogP contribution in [0.2, 0.25) is 5.02 Å². The van der Waals surface area contributed by atoms with E-state index in [9.17, 15) is 15.8 Å². The van der Waals surface area contributed by atoms with E-state index in [2.05, 4.69) is 43.3 Å². The lowest BCUT2D eigenvalue weighted by atomic mass is 9.56. The maximum Gasteiger partial charge on any atom is 0.191 e. The standard InChI is InChI=1S/C28H25ClN4S/c1-17-11-18(2)24(12-19(17)14-34-21-9-7-20(29)8-10-21)26-23-6-4-3-5-22(23)25(13-30)27(33)28(26,15-31)16-32/h5,7-12,23,26H,3-4,6,14,33H2,1-2H3/t23-,26+/m1/s1. The van der Waals surface area contributed by atoms with Crippen molar-refractivity contribution in [2.45, 2.75) is 49.7 Å². The molecule has 2 aromatic rings. The van der Waals surface area contributed by atoms with Crippen LogP contribution in [0.4, 0.5) is 0 Å². The van der Waals surface area contributed by atoms with Gasteiger partial charge in [-0.05, 0) is 91.1 Å². The first-order valence-corrected chi connectivity index (χ1v) is 12.6. The number of rotatable bonds is 4. The summed E-state index contributed by atoms with van der Waals surface area (Å²) in [5.41, 5.74) is 10.5. The highest BCUT2D eigenvalue weighted by atomic mass is 35.5. The molecule has 0 amide bonds. The molecule has 2 atom stereocenters. The molecule has 2 aromatic carbocycles. The van der Waals surface area contributed by atoms with E-state index < -0.39 is 11.3 Å². The Kier molecular flexibility index (Phi) is 6.77. The zero-order valence-corrected chi connectivity index (χ0v) is 20.8. The summed E-state index contributed by atoms with van der Waals surface area (Å²) < 4.78 is 0. The van der Waals surface area contributed by atoms with Gasteiger partial charge in [0.15, 0.2) is 5.41 Å². The number of nitrogens with two attached hydrogens (primary N) is 1. The van der Waals surface area contributed by atoms with Crippen LogP contribution in [0.3, 0.4) is 0 Å². The third-order valence-corrected chi connectivity index (χ3v) is 8.38. The zero-order valence-electron chi connectivity index (χ0n) is 19.2. The van der Waals surface area contributed by atoms with Crippen LogP contribution < -0.4 is 5.73 Å². The van der Waals surface area contributed by atoms with Crippen molar-refractivity contribution >= 4 is 23.4 Å². The smallest absolute Gasteiger partial charge is 0.191 e. The van der Waals surface area contributed by atoms with Crippen LogP contribution >= 0.6 is 23.4 Å². The molecule has 34 heavy (non-hydrogen) atoms. The Morgan fingerprint density at radius 3 is 2.44 bits per heavy atom. The van der Waals surface area contributed by atoms with Crippen LogP contribution in [0.5, 0.6) is 0 Å². The van der Waals surface area contributed by atoms with Gasteiger partial charge in [-0.2, -0.15) is 15.8 Å². The quantitative estimate of drug-likeness (QED) is 0.479. The number of nitrogens with zero attached hydrogens (tertiary/aromatic N) is 3. The minimum Gasteiger partial charge on any atom is -0.399 e. The molecule has 0 aliphatic heterocycles. The molecular weight excluding hydrogens is 460 g/mol. The summed E-state index contributed by atoms with van der Waals surface area (Å²) in [5, 5.41) is 31.2. The van der Waals surface area contributed by atoms with Gasteiger partial charge >= 0.3 is 0 Å². The van der Waals surface area contributed by atoms with Crippen LogP contribution in [0.25, 0.3) is 0 Å². The van der Waals surface area contributed by atoms with E-state index in [1.165, 1.54) is 5.56 Å². The average molecular weight is 485 g/mol. The number of nitriles is 3. The van der Waals surface area contributed by atoms with Crippen molar-refractivity contribution in [1.29, 1.82) is 15.8 Å². The third-order valence-electron chi connectivity index (χ3n) is 7.07. The van der Waals surface area contributed by atoms with Gasteiger partial charge < -0.3 is 5.73 Å². The summed E-state index contributed by atoms with van der Waals surface area (Å²) in [5.74, 6) is 0.237. The molecule has 2 aliphatic rings. The van der Waals surface area contributed by atoms with Gasteiger partial charge in [-0.25, -0.2) is 0 Å². The third kappa shape index (κ3) is 3.99. The first kappa shape index (κ1) is 24.0. The second-order valence-corrected chi connectivity index (χ2v) is 10.5. The van der Waals surface area contributed by atoms with Gasteiger partial charge in [-0.3, -0.25) is 0 Å². The van der Waals surface area contributed by atoms with Crippen molar-refractivity contribution in [3.8, 4) is 18.2 Å². The van der Waals surface area contributed by atoms with Crippen LogP contribution in [0.15, 0.2) is 64.2 Å². The predicted octanol–water partition coefficient (Wildman–Crippen LogP) is 6.84. The van der Waals surface area contributed by atoms with Crippen molar-refractivity contribution in [2.24, 2.45) is 17.1 Å². The summed E-state index contributed by atoms with van der Waals surface area (Å²) in [7, 11) is 0. The Labute approximate surface area is 210 Å². The lowest BCUT2D eigenvalue weighted by molar-refractivity contribution is 0.316. The van der Waals surface area contributed by atoms with Gasteiger partial charge in [0, 0.05) is 21.6 Å². The van der Waals surface area contributed by atoms with E-state index in [1.54, 1.807) is 11.8 Å². The second-order valence-electron chi connectivity index (χ2n) is 8.98. The minimum absolute atomic E-state index is 0.0893. The summed E-state index contributed by atoms with van der Waals surface area (Å²) in [4.78, 5) is 1.12. The lowest BCUT2D eigenvalue weighted by Crippen LogP contribution is -2.43. The van der Waals surface area contributed by atoms with Crippen LogP contribution in [0.1, 0.15) is 47.4 Å². The Morgan fingerprint density at radius 2 is 1.79 bits per heavy atom. The van der Waals surface area contributed by atoms with E-state index in [0.717, 1.165) is 52.2 Å². The normalized spacial score (nSPS) is 21.0. The highest BCUT2D eigenvalue weighted by Crippen LogP contribution is 2.56. The molecule has 170 valence electrons. The molecule has 4 rings (SSSR count). The lowest BCUT2D eigenvalue weighted by Gasteiger charge is -2.44. The molecule has 0 unspecified atom stereocenters. The fourth-order valence-corrected chi connectivity index (χ4v) is 6.40. The van der Waals surface area contributed by atoms with Crippen molar-refractivity contribution in [3.63, 3.8) is 0 Å². The summed E-state index contributed by atoms with van der Waals surface area (Å²) in [6, 6.07) is 18.7. The molecule has 0 heterocycles. The summed E-state index contributed by atoms with van der Waals surface area (Å²) >= 11 is 7.74. The summed E-state index contributed by atoms with van der Waals surface area (Å²) in [6.07, 6.45) is 4.73. The van der Waals surface area contributed by atoms with E-state index >= 15 is 0 Å². The monoisotopic (exact) mass is 484 g/mol. The topological polar surface area (TPSA) is 97.4 Å². The highest BCUT2D eigenvalue weighted by molar-refractivity contribution is 7.98. The number of aryl methyl sites for hydroxylation is 2. The molecule has 0 aromatic heterocycles. The minimum atomic E-state index is -1.58. The second kappa shape index (κ2) is 9.60. The number of hydrogen-bond acceptors (Lipinski definition) is 5. The van der Waals surface area contributed by atoms with Gasteiger partial charge in [-0.15, -0.1) is 11.8 Å². The van der Waals surface area contributed by atoms with E-state index in [-0.39, 0.29) is 11.6 Å². The number of thioether (sulfide) groups is 1. The molecule has 0 radical (unpaired) electrons. The SMILES string of the molecule is Cc1cc(C)c([C@@H]2[C@@H]3CCCC=C3C(C#N)=C(N)C2(C#N)C#N)cc1CSc1ccc(Cl)cc1. The van der Waals surface area contributed by atoms with Crippen molar-refractivity contribution in [2.75, 3.05) is 0 Å². The molecule has 0 saturated heterocycles. The van der Waals surface area contributed by atoms with Crippen LogP contribution in [0, 0.1) is 59.2 Å². The van der Waals surface area contributed by atoms with Crippen molar-refractivity contribution in [1.82, 2.24) is 0 Å². The summed E-state index contributed by atoms with van der Waals surface area (Å²) in [6.45, 7) is 4.12. The molecule has 2 N–H and O–H groups in total. The highest BCUT2D eigenvalue weighted by Gasteiger charge is 2.54. The molecular formula is C28H25ClN4S. The molecule has 4 nitrogen and oxygen atoms in total. The Hall–Kier alpha value is -3.17. The fourth-order valence-electron chi connectivity index (χ4n) is 5.32. The molecule has 0 bridgehead atoms. The zero-order chi connectivity index (χ0) is 24.5. The predicted molar refractivity (Wildman–Crippen MR) is 136 cm³/mol. The maximum absolute atomic E-state index is 10.3. The number of hydrogen-bond donors (Lipinski definition) is 1.